The van der Waals surface area contributed by atoms with Gasteiger partial charge in [0.1, 0.15) is 11.8 Å². The second kappa shape index (κ2) is 11.4. The summed E-state index contributed by atoms with van der Waals surface area (Å²) in [6.45, 7) is 6.56. The van der Waals surface area contributed by atoms with Crippen LogP contribution in [0.5, 0.6) is 5.75 Å². The van der Waals surface area contributed by atoms with E-state index in [9.17, 15) is 9.59 Å². The molecule has 2 aromatic carbocycles. The second-order valence-electron chi connectivity index (χ2n) is 7.21. The van der Waals surface area contributed by atoms with Crippen LogP contribution in [0.15, 0.2) is 57.5 Å². The molecule has 29 heavy (non-hydrogen) atoms. The maximum Gasteiger partial charge on any atom is 0.261 e. The van der Waals surface area contributed by atoms with Gasteiger partial charge in [0.2, 0.25) is 5.91 Å². The average Bonchev–Trinajstić information content (AvgIpc) is 2.70. The highest BCUT2D eigenvalue weighted by atomic mass is 79.9. The lowest BCUT2D eigenvalue weighted by Gasteiger charge is -2.29. The SMILES string of the molecule is CC(C)CNC(=O)[C@H](C)N(Cc1ccc(Br)cc1)C(=O)COc1ccc(Br)cc1. The van der Waals surface area contributed by atoms with E-state index in [1.54, 1.807) is 24.0 Å². The molecule has 2 aromatic rings. The molecule has 0 spiro atoms. The van der Waals surface area contributed by atoms with E-state index >= 15 is 0 Å². The minimum atomic E-state index is -0.613. The van der Waals surface area contributed by atoms with E-state index in [1.807, 2.05) is 50.2 Å². The lowest BCUT2D eigenvalue weighted by atomic mass is 10.1. The molecule has 0 aliphatic heterocycles. The number of hydrogen-bond donors (Lipinski definition) is 1. The number of rotatable bonds is 9. The number of halogens is 2. The first kappa shape index (κ1) is 23.4. The Labute approximate surface area is 189 Å². The van der Waals surface area contributed by atoms with Gasteiger partial charge in [-0.2, -0.15) is 0 Å². The predicted molar refractivity (Wildman–Crippen MR) is 122 cm³/mol. The highest BCUT2D eigenvalue weighted by molar-refractivity contribution is 9.10. The van der Waals surface area contributed by atoms with E-state index in [1.165, 1.54) is 0 Å². The summed E-state index contributed by atoms with van der Waals surface area (Å²) in [5.41, 5.74) is 0.939. The molecule has 0 heterocycles. The number of carbonyl (C=O) groups excluding carboxylic acids is 2. The zero-order valence-electron chi connectivity index (χ0n) is 16.8. The number of nitrogens with zero attached hydrogens (tertiary/aromatic N) is 1. The van der Waals surface area contributed by atoms with Gasteiger partial charge in [-0.3, -0.25) is 9.59 Å². The van der Waals surface area contributed by atoms with Crippen LogP contribution in [0.3, 0.4) is 0 Å². The number of carbonyl (C=O) groups is 2. The van der Waals surface area contributed by atoms with Crippen LogP contribution in [-0.4, -0.2) is 35.9 Å². The molecule has 0 radical (unpaired) electrons. The first-order chi connectivity index (χ1) is 13.8. The highest BCUT2D eigenvalue weighted by Gasteiger charge is 2.26. The Balaban J connectivity index is 2.10. The van der Waals surface area contributed by atoms with Crippen molar-refractivity contribution in [3.63, 3.8) is 0 Å². The van der Waals surface area contributed by atoms with E-state index in [0.29, 0.717) is 24.8 Å². The van der Waals surface area contributed by atoms with Crippen molar-refractivity contribution in [2.75, 3.05) is 13.2 Å². The molecule has 0 saturated heterocycles. The normalized spacial score (nSPS) is 11.8. The molecule has 0 aliphatic carbocycles. The van der Waals surface area contributed by atoms with Gasteiger partial charge in [-0.1, -0.05) is 57.8 Å². The van der Waals surface area contributed by atoms with Gasteiger partial charge in [0.05, 0.1) is 0 Å². The van der Waals surface area contributed by atoms with E-state index in [4.69, 9.17) is 4.74 Å². The zero-order chi connectivity index (χ0) is 21.4. The third-order valence-corrected chi connectivity index (χ3v) is 5.35. The van der Waals surface area contributed by atoms with E-state index < -0.39 is 6.04 Å². The predicted octanol–water partition coefficient (Wildman–Crippen LogP) is 4.78. The number of ether oxygens (including phenoxy) is 1. The molecular weight excluding hydrogens is 500 g/mol. The molecule has 2 amide bonds. The Morgan fingerprint density at radius 1 is 0.966 bits per heavy atom. The van der Waals surface area contributed by atoms with Gasteiger partial charge in [0.15, 0.2) is 6.61 Å². The van der Waals surface area contributed by atoms with Gasteiger partial charge in [-0.25, -0.2) is 0 Å². The molecule has 0 unspecified atom stereocenters. The van der Waals surface area contributed by atoms with Crippen molar-refractivity contribution in [3.05, 3.63) is 63.0 Å². The zero-order valence-corrected chi connectivity index (χ0v) is 20.0. The average molecular weight is 526 g/mol. The summed E-state index contributed by atoms with van der Waals surface area (Å²) in [5.74, 6) is 0.514. The molecule has 5 nitrogen and oxygen atoms in total. The Morgan fingerprint density at radius 2 is 1.52 bits per heavy atom. The van der Waals surface area contributed by atoms with Crippen molar-refractivity contribution in [2.45, 2.75) is 33.4 Å². The minimum absolute atomic E-state index is 0.139. The van der Waals surface area contributed by atoms with Crippen molar-refractivity contribution in [3.8, 4) is 5.75 Å². The summed E-state index contributed by atoms with van der Waals surface area (Å²) >= 11 is 6.79. The fourth-order valence-electron chi connectivity index (χ4n) is 2.58. The molecule has 0 fully saturated rings. The summed E-state index contributed by atoms with van der Waals surface area (Å²) in [4.78, 5) is 27.1. The smallest absolute Gasteiger partial charge is 0.261 e. The van der Waals surface area contributed by atoms with Crippen LogP contribution in [0.1, 0.15) is 26.3 Å². The van der Waals surface area contributed by atoms with Crippen LogP contribution >= 0.6 is 31.9 Å². The standard InChI is InChI=1S/C22H26Br2N2O3/c1-15(2)12-25-22(28)16(3)26(13-17-4-6-18(23)7-5-17)21(27)14-29-20-10-8-19(24)9-11-20/h4-11,15-16H,12-14H2,1-3H3,(H,25,28)/t16-/m0/s1. The van der Waals surface area contributed by atoms with Crippen LogP contribution < -0.4 is 10.1 Å². The number of nitrogens with one attached hydrogen (secondary N) is 1. The first-order valence-electron chi connectivity index (χ1n) is 9.46. The summed E-state index contributed by atoms with van der Waals surface area (Å²) < 4.78 is 7.53. The number of amides is 2. The van der Waals surface area contributed by atoms with Gasteiger partial charge < -0.3 is 15.0 Å². The van der Waals surface area contributed by atoms with Gasteiger partial charge in [0.25, 0.3) is 5.91 Å². The van der Waals surface area contributed by atoms with Crippen LogP contribution in [0, 0.1) is 5.92 Å². The third kappa shape index (κ3) is 7.82. The molecule has 1 N–H and O–H groups in total. The van der Waals surface area contributed by atoms with Gasteiger partial charge in [0, 0.05) is 22.0 Å². The second-order valence-corrected chi connectivity index (χ2v) is 9.04. The molecule has 2 rings (SSSR count). The Kier molecular flexibility index (Phi) is 9.17. The van der Waals surface area contributed by atoms with Crippen molar-refractivity contribution >= 4 is 43.7 Å². The summed E-state index contributed by atoms with van der Waals surface area (Å²) in [6.07, 6.45) is 0. The fourth-order valence-corrected chi connectivity index (χ4v) is 3.11. The van der Waals surface area contributed by atoms with Crippen LogP contribution in [0.25, 0.3) is 0 Å². The van der Waals surface area contributed by atoms with E-state index in [0.717, 1.165) is 14.5 Å². The van der Waals surface area contributed by atoms with Gasteiger partial charge in [-0.05, 0) is 54.8 Å². The molecule has 1 atom stereocenters. The van der Waals surface area contributed by atoms with E-state index in [2.05, 4.69) is 37.2 Å². The number of hydrogen-bond acceptors (Lipinski definition) is 3. The Hall–Kier alpha value is -1.86. The first-order valence-corrected chi connectivity index (χ1v) is 11.0. The molecule has 0 aromatic heterocycles. The largest absolute Gasteiger partial charge is 0.484 e. The fraction of sp³-hybridized carbons (Fsp3) is 0.364. The topological polar surface area (TPSA) is 58.6 Å². The number of benzene rings is 2. The van der Waals surface area contributed by atoms with Crippen molar-refractivity contribution < 1.29 is 14.3 Å². The maximum atomic E-state index is 12.9. The molecule has 7 heteroatoms. The maximum absolute atomic E-state index is 12.9. The lowest BCUT2D eigenvalue weighted by molar-refractivity contribution is -0.142. The van der Waals surface area contributed by atoms with Crippen molar-refractivity contribution in [1.29, 1.82) is 0 Å². The Morgan fingerprint density at radius 3 is 2.07 bits per heavy atom. The molecule has 0 saturated carbocycles. The summed E-state index contributed by atoms with van der Waals surface area (Å²) in [5, 5.41) is 2.91. The van der Waals surface area contributed by atoms with Gasteiger partial charge >= 0.3 is 0 Å². The quantitative estimate of drug-likeness (QED) is 0.512. The monoisotopic (exact) mass is 524 g/mol. The van der Waals surface area contributed by atoms with Gasteiger partial charge in [-0.15, -0.1) is 0 Å². The third-order valence-electron chi connectivity index (χ3n) is 4.29. The van der Waals surface area contributed by atoms with Crippen molar-refractivity contribution in [2.24, 2.45) is 5.92 Å². The van der Waals surface area contributed by atoms with Crippen molar-refractivity contribution in [1.82, 2.24) is 10.2 Å². The van der Waals surface area contributed by atoms with Crippen LogP contribution in [0.2, 0.25) is 0 Å². The molecular formula is C22H26Br2N2O3. The molecule has 0 aliphatic rings. The Bertz CT molecular complexity index is 808. The lowest BCUT2D eigenvalue weighted by Crippen LogP contribution is -2.49. The molecule has 0 bridgehead atoms. The van der Waals surface area contributed by atoms with E-state index in [-0.39, 0.29) is 18.4 Å². The summed E-state index contributed by atoms with van der Waals surface area (Å²) in [7, 11) is 0. The molecule has 156 valence electrons. The van der Waals surface area contributed by atoms with Crippen LogP contribution in [0.4, 0.5) is 0 Å². The highest BCUT2D eigenvalue weighted by Crippen LogP contribution is 2.17. The van der Waals surface area contributed by atoms with Crippen LogP contribution in [-0.2, 0) is 16.1 Å². The minimum Gasteiger partial charge on any atom is -0.484 e. The summed E-state index contributed by atoms with van der Waals surface area (Å²) in [6, 6.07) is 14.3.